The standard InChI is InChI=1S/C10H8N2/c1-11-8-7-9-3-5-10(12-2)6-4-9/h3-6H,7-8H2. The molecule has 0 fully saturated rings. The van der Waals surface area contributed by atoms with E-state index < -0.39 is 0 Å². The van der Waals surface area contributed by atoms with Gasteiger partial charge >= 0.3 is 0 Å². The monoisotopic (exact) mass is 156 g/mol. The molecule has 1 aromatic rings. The van der Waals surface area contributed by atoms with Gasteiger partial charge in [0, 0.05) is 6.42 Å². The van der Waals surface area contributed by atoms with Crippen LogP contribution in [0.5, 0.6) is 0 Å². The van der Waals surface area contributed by atoms with Gasteiger partial charge < -0.3 is 4.85 Å². The second-order valence-electron chi connectivity index (χ2n) is 2.41. The zero-order valence-electron chi connectivity index (χ0n) is 6.62. The van der Waals surface area contributed by atoms with Gasteiger partial charge in [0.25, 0.3) is 0 Å². The number of rotatable bonds is 2. The molecule has 0 heterocycles. The highest BCUT2D eigenvalue weighted by Gasteiger charge is 1.94. The molecule has 1 aromatic carbocycles. The van der Waals surface area contributed by atoms with Gasteiger partial charge in [-0.15, -0.1) is 0 Å². The highest BCUT2D eigenvalue weighted by Crippen LogP contribution is 2.12. The van der Waals surface area contributed by atoms with Crippen molar-refractivity contribution in [2.75, 3.05) is 6.54 Å². The molecule has 1 rings (SSSR count). The fraction of sp³-hybridized carbons (Fsp3) is 0.200. The smallest absolute Gasteiger partial charge is 0.218 e. The van der Waals surface area contributed by atoms with Gasteiger partial charge in [0.15, 0.2) is 5.69 Å². The van der Waals surface area contributed by atoms with Crippen LogP contribution in [0.1, 0.15) is 5.56 Å². The molecule has 12 heavy (non-hydrogen) atoms. The molecule has 0 aliphatic rings. The maximum atomic E-state index is 6.73. The lowest BCUT2D eigenvalue weighted by atomic mass is 10.1. The molecular formula is C10H8N2. The molecule has 0 N–H and O–H groups in total. The minimum Gasteiger partial charge on any atom is -0.317 e. The lowest BCUT2D eigenvalue weighted by Gasteiger charge is -1.94. The summed E-state index contributed by atoms with van der Waals surface area (Å²) in [6.07, 6.45) is 0.780. The first-order valence-electron chi connectivity index (χ1n) is 3.66. The van der Waals surface area contributed by atoms with E-state index in [1.165, 1.54) is 0 Å². The van der Waals surface area contributed by atoms with Gasteiger partial charge in [-0.3, -0.25) is 0 Å². The normalized spacial score (nSPS) is 8.50. The highest BCUT2D eigenvalue weighted by molar-refractivity contribution is 5.45. The summed E-state index contributed by atoms with van der Waals surface area (Å²) < 4.78 is 0. The largest absolute Gasteiger partial charge is 0.317 e. The van der Waals surface area contributed by atoms with Gasteiger partial charge in [-0.05, 0) is 5.56 Å². The fourth-order valence-electron chi connectivity index (χ4n) is 0.922. The molecule has 58 valence electrons. The Balaban J connectivity index is 2.68. The molecule has 0 bridgehead atoms. The molecule has 2 heteroatoms. The zero-order valence-corrected chi connectivity index (χ0v) is 6.62. The molecule has 0 aliphatic heterocycles. The molecule has 0 radical (unpaired) electrons. The van der Waals surface area contributed by atoms with Crippen molar-refractivity contribution < 1.29 is 0 Å². The summed E-state index contributed by atoms with van der Waals surface area (Å²) >= 11 is 0. The van der Waals surface area contributed by atoms with E-state index in [1.807, 2.05) is 12.1 Å². The number of nitrogens with zero attached hydrogens (tertiary/aromatic N) is 2. The minimum atomic E-state index is 0.525. The van der Waals surface area contributed by atoms with Gasteiger partial charge in [-0.2, -0.15) is 0 Å². The van der Waals surface area contributed by atoms with Crippen LogP contribution < -0.4 is 0 Å². The van der Waals surface area contributed by atoms with Crippen LogP contribution in [0.2, 0.25) is 0 Å². The number of hydrogen-bond donors (Lipinski definition) is 0. The van der Waals surface area contributed by atoms with Crippen LogP contribution >= 0.6 is 0 Å². The Morgan fingerprint density at radius 1 is 1.08 bits per heavy atom. The van der Waals surface area contributed by atoms with E-state index in [9.17, 15) is 0 Å². The first kappa shape index (κ1) is 8.30. The van der Waals surface area contributed by atoms with Crippen LogP contribution in [0.3, 0.4) is 0 Å². The minimum absolute atomic E-state index is 0.525. The molecule has 0 aromatic heterocycles. The van der Waals surface area contributed by atoms with Gasteiger partial charge in [0.05, 0.1) is 6.57 Å². The third-order valence-corrected chi connectivity index (χ3v) is 1.58. The summed E-state index contributed by atoms with van der Waals surface area (Å²) in [5.41, 5.74) is 1.78. The fourth-order valence-corrected chi connectivity index (χ4v) is 0.922. The molecule has 0 atom stereocenters. The molecular weight excluding hydrogens is 148 g/mol. The Bertz CT molecular complexity index is 324. The summed E-state index contributed by atoms with van der Waals surface area (Å²) in [5.74, 6) is 0. The van der Waals surface area contributed by atoms with E-state index in [0.717, 1.165) is 12.0 Å². The SMILES string of the molecule is [C-]#[N+]CCc1ccc([N+]#[C-])cc1. The lowest BCUT2D eigenvalue weighted by molar-refractivity contribution is 1.08. The highest BCUT2D eigenvalue weighted by atomic mass is 14.6. The van der Waals surface area contributed by atoms with Gasteiger partial charge in [-0.25, -0.2) is 11.4 Å². The van der Waals surface area contributed by atoms with Crippen molar-refractivity contribution in [3.05, 3.63) is 52.7 Å². The third-order valence-electron chi connectivity index (χ3n) is 1.58. The summed E-state index contributed by atoms with van der Waals surface area (Å²) in [4.78, 5) is 6.54. The van der Waals surface area contributed by atoms with E-state index in [2.05, 4.69) is 9.69 Å². The Kier molecular flexibility index (Phi) is 2.87. The van der Waals surface area contributed by atoms with Crippen LogP contribution in [-0.4, -0.2) is 6.54 Å². The van der Waals surface area contributed by atoms with Crippen molar-refractivity contribution in [3.8, 4) is 0 Å². The predicted molar refractivity (Wildman–Crippen MR) is 47.9 cm³/mol. The lowest BCUT2D eigenvalue weighted by Crippen LogP contribution is -1.85. The van der Waals surface area contributed by atoms with Crippen molar-refractivity contribution in [2.24, 2.45) is 0 Å². The molecule has 0 saturated heterocycles. The summed E-state index contributed by atoms with van der Waals surface area (Å²) in [6, 6.07) is 7.37. The van der Waals surface area contributed by atoms with Crippen molar-refractivity contribution in [1.82, 2.24) is 0 Å². The van der Waals surface area contributed by atoms with E-state index in [0.29, 0.717) is 12.2 Å². The molecule has 2 nitrogen and oxygen atoms in total. The zero-order chi connectivity index (χ0) is 8.81. The Hall–Kier alpha value is -1.80. The van der Waals surface area contributed by atoms with Crippen molar-refractivity contribution >= 4 is 5.69 Å². The summed E-state index contributed by atoms with van der Waals surface area (Å²) in [5, 5.41) is 0. The van der Waals surface area contributed by atoms with Crippen LogP contribution in [-0.2, 0) is 6.42 Å². The van der Waals surface area contributed by atoms with Crippen LogP contribution in [0.25, 0.3) is 9.69 Å². The average Bonchev–Trinajstić information content (AvgIpc) is 2.15. The number of hydrogen-bond acceptors (Lipinski definition) is 0. The van der Waals surface area contributed by atoms with E-state index in [-0.39, 0.29) is 0 Å². The topological polar surface area (TPSA) is 8.72 Å². The van der Waals surface area contributed by atoms with Crippen molar-refractivity contribution in [3.63, 3.8) is 0 Å². The second-order valence-corrected chi connectivity index (χ2v) is 2.41. The van der Waals surface area contributed by atoms with Crippen LogP contribution in [0, 0.1) is 13.1 Å². The maximum Gasteiger partial charge on any atom is 0.218 e. The average molecular weight is 156 g/mol. The van der Waals surface area contributed by atoms with Gasteiger partial charge in [-0.1, -0.05) is 24.3 Å². The van der Waals surface area contributed by atoms with Crippen molar-refractivity contribution in [2.45, 2.75) is 6.42 Å². The predicted octanol–water partition coefficient (Wildman–Crippen LogP) is 2.70. The summed E-state index contributed by atoms with van der Waals surface area (Å²) in [6.45, 7) is 13.9. The molecule has 0 spiro atoms. The van der Waals surface area contributed by atoms with Gasteiger partial charge in [0.2, 0.25) is 6.54 Å². The molecule has 0 saturated carbocycles. The molecule has 0 amide bonds. The number of benzene rings is 1. The molecule has 0 aliphatic carbocycles. The van der Waals surface area contributed by atoms with E-state index >= 15 is 0 Å². The van der Waals surface area contributed by atoms with Crippen LogP contribution in [0.4, 0.5) is 5.69 Å². The van der Waals surface area contributed by atoms with E-state index in [4.69, 9.17) is 13.1 Å². The Morgan fingerprint density at radius 3 is 2.25 bits per heavy atom. The Morgan fingerprint density at radius 2 is 1.75 bits per heavy atom. The van der Waals surface area contributed by atoms with Crippen molar-refractivity contribution in [1.29, 1.82) is 0 Å². The van der Waals surface area contributed by atoms with E-state index in [1.54, 1.807) is 12.1 Å². The molecule has 0 unspecified atom stereocenters. The quantitative estimate of drug-likeness (QED) is 0.582. The first-order valence-corrected chi connectivity index (χ1v) is 3.66. The maximum absolute atomic E-state index is 6.73. The van der Waals surface area contributed by atoms with Gasteiger partial charge in [0.1, 0.15) is 0 Å². The van der Waals surface area contributed by atoms with Crippen LogP contribution in [0.15, 0.2) is 24.3 Å². The summed E-state index contributed by atoms with van der Waals surface area (Å²) in [7, 11) is 0. The first-order chi connectivity index (χ1) is 5.86. The Labute approximate surface area is 72.1 Å². The third kappa shape index (κ3) is 2.11. The second kappa shape index (κ2) is 4.16.